The van der Waals surface area contributed by atoms with Crippen LogP contribution in [0.5, 0.6) is 0 Å². The van der Waals surface area contributed by atoms with E-state index in [1.54, 1.807) is 43.3 Å². The van der Waals surface area contributed by atoms with Crippen LogP contribution in [0.2, 0.25) is 0 Å². The number of esters is 1. The van der Waals surface area contributed by atoms with E-state index >= 15 is 0 Å². The summed E-state index contributed by atoms with van der Waals surface area (Å²) in [6.45, 7) is 2.04. The third kappa shape index (κ3) is 3.05. The van der Waals surface area contributed by atoms with Crippen molar-refractivity contribution in [3.63, 3.8) is 0 Å². The largest absolute Gasteiger partial charge is 0.472 e. The van der Waals surface area contributed by atoms with E-state index in [0.717, 1.165) is 24.0 Å². The first-order chi connectivity index (χ1) is 13.1. The average molecular weight is 365 g/mol. The summed E-state index contributed by atoms with van der Waals surface area (Å²) in [5.41, 5.74) is 4.82. The molecule has 1 fully saturated rings. The van der Waals surface area contributed by atoms with Crippen LogP contribution >= 0.6 is 0 Å². The fourth-order valence-electron chi connectivity index (χ4n) is 3.91. The second kappa shape index (κ2) is 6.83. The fourth-order valence-corrected chi connectivity index (χ4v) is 3.91. The number of hydrazone groups is 1. The number of nitrogens with one attached hydrogen (secondary N) is 1. The number of carbonyl (C=O) groups is 2. The minimum absolute atomic E-state index is 0.328. The van der Waals surface area contributed by atoms with Gasteiger partial charge >= 0.3 is 5.97 Å². The number of aromatic nitrogens is 1. The van der Waals surface area contributed by atoms with Crippen LogP contribution in [0.1, 0.15) is 48.2 Å². The molecule has 1 aliphatic carbocycles. The van der Waals surface area contributed by atoms with E-state index in [-0.39, 0.29) is 18.0 Å². The van der Waals surface area contributed by atoms with Gasteiger partial charge in [0.25, 0.3) is 5.91 Å². The van der Waals surface area contributed by atoms with Gasteiger partial charge in [-0.3, -0.25) is 9.78 Å². The Bertz CT molecular complexity index is 918. The van der Waals surface area contributed by atoms with Gasteiger partial charge in [0.05, 0.1) is 24.3 Å². The van der Waals surface area contributed by atoms with Crippen LogP contribution in [0.15, 0.2) is 63.8 Å². The van der Waals surface area contributed by atoms with Gasteiger partial charge < -0.3 is 9.15 Å². The van der Waals surface area contributed by atoms with Gasteiger partial charge in [-0.1, -0.05) is 6.92 Å². The lowest BCUT2D eigenvalue weighted by molar-refractivity contribution is -0.140. The summed E-state index contributed by atoms with van der Waals surface area (Å²) in [4.78, 5) is 28.5. The van der Waals surface area contributed by atoms with Gasteiger partial charge in [0.1, 0.15) is 6.10 Å². The number of carbonyl (C=O) groups excluding carboxylic acids is 2. The molecule has 1 N–H and O–H groups in total. The number of rotatable bonds is 4. The summed E-state index contributed by atoms with van der Waals surface area (Å²) >= 11 is 0. The van der Waals surface area contributed by atoms with Gasteiger partial charge in [-0.25, -0.2) is 10.2 Å². The van der Waals surface area contributed by atoms with E-state index in [1.807, 2.05) is 13.0 Å². The highest BCUT2D eigenvalue weighted by molar-refractivity contribution is 6.01. The predicted octanol–water partition coefficient (Wildman–Crippen LogP) is 3.18. The van der Waals surface area contributed by atoms with Gasteiger partial charge in [-0.05, 0) is 43.0 Å². The van der Waals surface area contributed by atoms with Crippen molar-refractivity contribution in [2.75, 3.05) is 0 Å². The first-order valence-electron chi connectivity index (χ1n) is 8.80. The highest BCUT2D eigenvalue weighted by atomic mass is 16.6. The zero-order valence-corrected chi connectivity index (χ0v) is 14.8. The molecule has 2 atom stereocenters. The minimum Gasteiger partial charge on any atom is -0.472 e. The molecule has 1 saturated heterocycles. The monoisotopic (exact) mass is 365 g/mol. The van der Waals surface area contributed by atoms with Gasteiger partial charge in [0.15, 0.2) is 0 Å². The maximum Gasteiger partial charge on any atom is 0.335 e. The molecule has 1 aliphatic heterocycles. The van der Waals surface area contributed by atoms with Crippen LogP contribution in [0.3, 0.4) is 0 Å². The molecule has 0 saturated carbocycles. The summed E-state index contributed by atoms with van der Waals surface area (Å²) in [6, 6.07) is 5.03. The summed E-state index contributed by atoms with van der Waals surface area (Å²) < 4.78 is 10.8. The molecule has 2 aliphatic rings. The molecule has 0 bridgehead atoms. The molecular formula is C20H19N3O4. The summed E-state index contributed by atoms with van der Waals surface area (Å²) in [5.74, 6) is -0.659. The predicted molar refractivity (Wildman–Crippen MR) is 96.7 cm³/mol. The van der Waals surface area contributed by atoms with E-state index in [0.29, 0.717) is 17.6 Å². The molecule has 3 heterocycles. The maximum absolute atomic E-state index is 12.6. The Morgan fingerprint density at radius 3 is 2.93 bits per heavy atom. The zero-order valence-electron chi connectivity index (χ0n) is 14.8. The number of fused-ring (bicyclic) bond motifs is 1. The maximum atomic E-state index is 12.6. The average Bonchev–Trinajstić information content (AvgIpc) is 3.29. The van der Waals surface area contributed by atoms with Crippen molar-refractivity contribution >= 4 is 18.1 Å². The second-order valence-electron chi connectivity index (χ2n) is 6.95. The Balaban J connectivity index is 1.58. The molecule has 1 amide bonds. The zero-order chi connectivity index (χ0) is 18.9. The third-order valence-electron chi connectivity index (χ3n) is 5.22. The highest BCUT2D eigenvalue weighted by Gasteiger charge is 2.53. The lowest BCUT2D eigenvalue weighted by Gasteiger charge is -2.33. The molecule has 138 valence electrons. The number of ether oxygens (including phenoxy) is 1. The smallest absolute Gasteiger partial charge is 0.335 e. The summed E-state index contributed by atoms with van der Waals surface area (Å²) in [7, 11) is 0. The molecule has 0 aromatic carbocycles. The van der Waals surface area contributed by atoms with Crippen molar-refractivity contribution in [3.8, 4) is 0 Å². The molecule has 4 rings (SSSR count). The number of nitrogens with zero attached hydrogens (tertiary/aromatic N) is 2. The van der Waals surface area contributed by atoms with Gasteiger partial charge in [0, 0.05) is 28.9 Å². The molecule has 0 unspecified atom stereocenters. The van der Waals surface area contributed by atoms with Crippen LogP contribution in [-0.4, -0.2) is 23.1 Å². The van der Waals surface area contributed by atoms with Crippen LogP contribution in [0, 0.1) is 5.41 Å². The second-order valence-corrected chi connectivity index (χ2v) is 6.95. The lowest BCUT2D eigenvalue weighted by Crippen LogP contribution is -2.27. The molecule has 2 aromatic heterocycles. The Kier molecular flexibility index (Phi) is 4.35. The Morgan fingerprint density at radius 1 is 1.37 bits per heavy atom. The quantitative estimate of drug-likeness (QED) is 0.510. The number of furan rings is 1. The van der Waals surface area contributed by atoms with Crippen LogP contribution in [0.25, 0.3) is 0 Å². The van der Waals surface area contributed by atoms with Gasteiger partial charge in [0.2, 0.25) is 0 Å². The van der Waals surface area contributed by atoms with Crippen molar-refractivity contribution in [1.29, 1.82) is 0 Å². The van der Waals surface area contributed by atoms with Gasteiger partial charge in [-0.15, -0.1) is 0 Å². The summed E-state index contributed by atoms with van der Waals surface area (Å²) in [6.07, 6.45) is 9.93. The number of hydrogen-bond donors (Lipinski definition) is 1. The van der Waals surface area contributed by atoms with Crippen molar-refractivity contribution in [2.45, 2.75) is 32.3 Å². The Morgan fingerprint density at radius 2 is 2.19 bits per heavy atom. The van der Waals surface area contributed by atoms with Crippen molar-refractivity contribution in [3.05, 3.63) is 65.4 Å². The molecule has 0 radical (unpaired) electrons. The van der Waals surface area contributed by atoms with Crippen LogP contribution < -0.4 is 5.43 Å². The number of allylic oxidation sites excluding steroid dienone is 1. The van der Waals surface area contributed by atoms with Crippen LogP contribution in [0.4, 0.5) is 0 Å². The summed E-state index contributed by atoms with van der Waals surface area (Å²) in [5, 5.41) is 4.06. The normalized spacial score (nSPS) is 24.8. The van der Waals surface area contributed by atoms with Crippen molar-refractivity contribution in [2.24, 2.45) is 10.5 Å². The van der Waals surface area contributed by atoms with E-state index in [1.165, 1.54) is 0 Å². The molecule has 7 heteroatoms. The van der Waals surface area contributed by atoms with Gasteiger partial charge in [-0.2, -0.15) is 5.10 Å². The molecular weight excluding hydrogens is 346 g/mol. The molecule has 7 nitrogen and oxygen atoms in total. The van der Waals surface area contributed by atoms with E-state index in [4.69, 9.17) is 9.15 Å². The van der Waals surface area contributed by atoms with Crippen molar-refractivity contribution in [1.82, 2.24) is 10.4 Å². The van der Waals surface area contributed by atoms with E-state index in [9.17, 15) is 9.59 Å². The molecule has 27 heavy (non-hydrogen) atoms. The lowest BCUT2D eigenvalue weighted by atomic mass is 9.68. The Labute approximate surface area is 156 Å². The fraction of sp³-hybridized carbons (Fsp3) is 0.300. The first kappa shape index (κ1) is 17.2. The number of hydrogen-bond acceptors (Lipinski definition) is 6. The van der Waals surface area contributed by atoms with Crippen LogP contribution in [-0.2, 0) is 9.53 Å². The topological polar surface area (TPSA) is 93.8 Å². The Hall–Kier alpha value is -3.22. The SMILES string of the molecule is C[C@@]12CCCC(/C=N/NC(=O)c3ccncc3)=C1C(=O)O[C@H]2c1ccoc1. The number of amides is 1. The number of cyclic esters (lactones) is 1. The standard InChI is InChI=1S/C20H19N3O4/c1-20-7-2-3-14(11-22-23-18(24)13-4-8-21-9-5-13)16(20)19(25)27-17(20)15-6-10-26-12-15/h4-6,8-12,17H,2-3,7H2,1H3,(H,23,24)/b22-11+/t17-,20+/m0/s1. The highest BCUT2D eigenvalue weighted by Crippen LogP contribution is 2.55. The third-order valence-corrected chi connectivity index (χ3v) is 5.22. The molecule has 2 aromatic rings. The first-order valence-corrected chi connectivity index (χ1v) is 8.80. The minimum atomic E-state index is -0.435. The van der Waals surface area contributed by atoms with E-state index in [2.05, 4.69) is 15.5 Å². The number of pyridine rings is 1. The van der Waals surface area contributed by atoms with Crippen molar-refractivity contribution < 1.29 is 18.7 Å². The molecule has 0 spiro atoms. The van der Waals surface area contributed by atoms with E-state index < -0.39 is 5.41 Å².